The molecule has 100 valence electrons. The largest absolute Gasteiger partial charge is 0.347 e. The first kappa shape index (κ1) is 14.3. The molecule has 5 nitrogen and oxygen atoms in total. The van der Waals surface area contributed by atoms with Gasteiger partial charge in [0.1, 0.15) is 5.02 Å². The third-order valence-electron chi connectivity index (χ3n) is 2.14. The van der Waals surface area contributed by atoms with Crippen LogP contribution in [0.15, 0.2) is 27.9 Å². The molecule has 2 aromatic rings. The Hall–Kier alpha value is -1.14. The number of aromatic nitrogens is 2. The number of hydrogen-bond acceptors (Lipinski definition) is 3. The Morgan fingerprint density at radius 1 is 1.00 bits per heavy atom. The fraction of sp³-hybridized carbons (Fsp3) is 0. The summed E-state index contributed by atoms with van der Waals surface area (Å²) in [5, 5.41) is 0.624. The van der Waals surface area contributed by atoms with Crippen molar-refractivity contribution in [2.45, 2.75) is 0 Å². The highest BCUT2D eigenvalue weighted by Crippen LogP contribution is 2.33. The number of hydrogen-bond donors (Lipinski definition) is 2. The van der Waals surface area contributed by atoms with Crippen molar-refractivity contribution in [1.82, 2.24) is 9.66 Å². The first-order valence-electron chi connectivity index (χ1n) is 4.81. The smallest absolute Gasteiger partial charge is 0.287 e. The number of nitrogens with zero attached hydrogens (tertiary/aromatic N) is 1. The molecule has 0 fully saturated rings. The molecular formula is C10H5Cl4N3O2. The second-order valence-electron chi connectivity index (χ2n) is 3.46. The van der Waals surface area contributed by atoms with Gasteiger partial charge in [0.15, 0.2) is 0 Å². The molecule has 2 N–H and O–H groups in total. The zero-order valence-electron chi connectivity index (χ0n) is 9.01. The van der Waals surface area contributed by atoms with Gasteiger partial charge in [0.05, 0.1) is 21.9 Å². The van der Waals surface area contributed by atoms with Crippen LogP contribution in [0.25, 0.3) is 0 Å². The number of anilines is 1. The summed E-state index contributed by atoms with van der Waals surface area (Å²) in [7, 11) is 0. The average molecular weight is 341 g/mol. The van der Waals surface area contributed by atoms with E-state index in [1.54, 1.807) is 0 Å². The van der Waals surface area contributed by atoms with E-state index in [2.05, 4.69) is 5.43 Å². The molecule has 9 heteroatoms. The van der Waals surface area contributed by atoms with E-state index in [0.29, 0.717) is 5.02 Å². The Balaban J connectivity index is 2.51. The summed E-state index contributed by atoms with van der Waals surface area (Å²) in [4.78, 5) is 24.7. The van der Waals surface area contributed by atoms with Gasteiger partial charge in [0.2, 0.25) is 0 Å². The summed E-state index contributed by atoms with van der Waals surface area (Å²) in [6.07, 6.45) is 1.12. The van der Waals surface area contributed by atoms with Crippen LogP contribution in [-0.4, -0.2) is 9.66 Å². The van der Waals surface area contributed by atoms with Crippen LogP contribution in [0.4, 0.5) is 5.69 Å². The van der Waals surface area contributed by atoms with Crippen molar-refractivity contribution in [2.75, 3.05) is 5.43 Å². The summed E-state index contributed by atoms with van der Waals surface area (Å²) in [5.41, 5.74) is 1.50. The third kappa shape index (κ3) is 3.06. The van der Waals surface area contributed by atoms with Crippen LogP contribution in [0.3, 0.4) is 0 Å². The standard InChI is InChI=1S/C10H5Cl4N3O2/c11-4-1-5(12)8(6(13)2-4)16-17-3-7(14)9(18)15-10(17)19/h1-3,16H,(H,15,18,19). The molecule has 0 aliphatic rings. The lowest BCUT2D eigenvalue weighted by Crippen LogP contribution is -2.33. The molecule has 0 unspecified atom stereocenters. The predicted molar refractivity (Wildman–Crippen MR) is 76.8 cm³/mol. The number of halogens is 4. The minimum atomic E-state index is -0.712. The van der Waals surface area contributed by atoms with E-state index in [4.69, 9.17) is 46.4 Å². The molecular weight excluding hydrogens is 336 g/mol. The predicted octanol–water partition coefficient (Wildman–Crippen LogP) is 3.03. The van der Waals surface area contributed by atoms with Gasteiger partial charge in [-0.1, -0.05) is 46.4 Å². The molecule has 0 amide bonds. The van der Waals surface area contributed by atoms with E-state index in [9.17, 15) is 9.59 Å². The molecule has 0 atom stereocenters. The summed E-state index contributed by atoms with van der Waals surface area (Å²) in [6, 6.07) is 2.91. The van der Waals surface area contributed by atoms with Crippen LogP contribution in [0.1, 0.15) is 0 Å². The van der Waals surface area contributed by atoms with Gasteiger partial charge in [0, 0.05) is 5.02 Å². The highest BCUT2D eigenvalue weighted by Gasteiger charge is 2.10. The zero-order valence-corrected chi connectivity index (χ0v) is 12.0. The van der Waals surface area contributed by atoms with Gasteiger partial charge in [-0.05, 0) is 12.1 Å². The molecule has 0 aliphatic heterocycles. The van der Waals surface area contributed by atoms with Crippen LogP contribution < -0.4 is 16.7 Å². The Labute approximate surface area is 126 Å². The molecule has 1 aromatic heterocycles. The highest BCUT2D eigenvalue weighted by molar-refractivity contribution is 6.41. The summed E-state index contributed by atoms with van der Waals surface area (Å²) < 4.78 is 0.949. The zero-order chi connectivity index (χ0) is 14.2. The normalized spacial score (nSPS) is 10.5. The van der Waals surface area contributed by atoms with Gasteiger partial charge in [-0.3, -0.25) is 15.2 Å². The maximum atomic E-state index is 11.6. The Morgan fingerprint density at radius 3 is 2.16 bits per heavy atom. The van der Waals surface area contributed by atoms with E-state index < -0.39 is 11.2 Å². The first-order valence-corrected chi connectivity index (χ1v) is 6.32. The van der Waals surface area contributed by atoms with E-state index in [1.165, 1.54) is 12.1 Å². The van der Waals surface area contributed by atoms with E-state index in [0.717, 1.165) is 10.9 Å². The highest BCUT2D eigenvalue weighted by atomic mass is 35.5. The Kier molecular flexibility index (Phi) is 4.10. The molecule has 19 heavy (non-hydrogen) atoms. The first-order chi connectivity index (χ1) is 8.88. The summed E-state index contributed by atoms with van der Waals surface area (Å²) in [5.74, 6) is 0. The number of H-pyrrole nitrogens is 1. The lowest BCUT2D eigenvalue weighted by atomic mass is 10.3. The molecule has 0 radical (unpaired) electrons. The van der Waals surface area contributed by atoms with E-state index in [1.807, 2.05) is 4.98 Å². The second-order valence-corrected chi connectivity index (χ2v) is 5.12. The quantitative estimate of drug-likeness (QED) is 0.883. The maximum Gasteiger partial charge on any atom is 0.347 e. The third-order valence-corrected chi connectivity index (χ3v) is 3.22. The molecule has 0 spiro atoms. The van der Waals surface area contributed by atoms with Crippen LogP contribution in [-0.2, 0) is 0 Å². The summed E-state index contributed by atoms with van der Waals surface area (Å²) in [6.45, 7) is 0. The number of aromatic amines is 1. The lowest BCUT2D eigenvalue weighted by molar-refractivity contribution is 0.831. The summed E-state index contributed by atoms with van der Waals surface area (Å²) >= 11 is 23.3. The molecule has 1 aromatic carbocycles. The Bertz CT molecular complexity index is 730. The monoisotopic (exact) mass is 339 g/mol. The van der Waals surface area contributed by atoms with Gasteiger partial charge in [-0.15, -0.1) is 0 Å². The van der Waals surface area contributed by atoms with Gasteiger partial charge >= 0.3 is 5.69 Å². The number of rotatable bonds is 2. The van der Waals surface area contributed by atoms with Gasteiger partial charge in [-0.25, -0.2) is 9.47 Å². The van der Waals surface area contributed by atoms with Crippen LogP contribution >= 0.6 is 46.4 Å². The lowest BCUT2D eigenvalue weighted by Gasteiger charge is -2.12. The van der Waals surface area contributed by atoms with Crippen molar-refractivity contribution in [3.63, 3.8) is 0 Å². The van der Waals surface area contributed by atoms with Crippen molar-refractivity contribution in [3.8, 4) is 0 Å². The van der Waals surface area contributed by atoms with Crippen molar-refractivity contribution in [2.24, 2.45) is 0 Å². The van der Waals surface area contributed by atoms with Crippen molar-refractivity contribution in [3.05, 3.63) is 59.3 Å². The van der Waals surface area contributed by atoms with E-state index >= 15 is 0 Å². The van der Waals surface area contributed by atoms with Crippen molar-refractivity contribution >= 4 is 52.1 Å². The molecule has 0 saturated carbocycles. The molecule has 0 saturated heterocycles. The number of benzene rings is 1. The van der Waals surface area contributed by atoms with Crippen molar-refractivity contribution in [1.29, 1.82) is 0 Å². The maximum absolute atomic E-state index is 11.6. The minimum Gasteiger partial charge on any atom is -0.287 e. The fourth-order valence-electron chi connectivity index (χ4n) is 1.30. The Morgan fingerprint density at radius 2 is 1.58 bits per heavy atom. The van der Waals surface area contributed by atoms with Crippen LogP contribution in [0.5, 0.6) is 0 Å². The number of nitrogens with one attached hydrogen (secondary N) is 2. The topological polar surface area (TPSA) is 66.9 Å². The van der Waals surface area contributed by atoms with Gasteiger partial charge < -0.3 is 0 Å². The van der Waals surface area contributed by atoms with E-state index in [-0.39, 0.29) is 20.8 Å². The van der Waals surface area contributed by atoms with Crippen LogP contribution in [0.2, 0.25) is 20.1 Å². The fourth-order valence-corrected chi connectivity index (χ4v) is 2.35. The molecule has 2 rings (SSSR count). The van der Waals surface area contributed by atoms with Crippen molar-refractivity contribution < 1.29 is 0 Å². The average Bonchev–Trinajstić information content (AvgIpc) is 2.29. The van der Waals surface area contributed by atoms with Gasteiger partial charge in [0.25, 0.3) is 5.56 Å². The second kappa shape index (κ2) is 5.46. The minimum absolute atomic E-state index is 0.159. The van der Waals surface area contributed by atoms with Gasteiger partial charge in [-0.2, -0.15) is 0 Å². The van der Waals surface area contributed by atoms with Crippen LogP contribution in [0, 0.1) is 0 Å². The molecule has 1 heterocycles. The molecule has 0 aliphatic carbocycles. The SMILES string of the molecule is O=c1[nH]c(=O)n(Nc2c(Cl)cc(Cl)cc2Cl)cc1Cl. The molecule has 0 bridgehead atoms.